The van der Waals surface area contributed by atoms with Crippen LogP contribution in [0.15, 0.2) is 0 Å². The molecule has 0 spiro atoms. The first-order chi connectivity index (χ1) is 3.98. The van der Waals surface area contributed by atoms with E-state index in [1.807, 2.05) is 27.7 Å². The van der Waals surface area contributed by atoms with Gasteiger partial charge in [-0.1, -0.05) is 0 Å². The molecule has 0 amide bonds. The Kier molecular flexibility index (Phi) is 2.66. The lowest BCUT2D eigenvalue weighted by molar-refractivity contribution is 0.437. The third-order valence-electron chi connectivity index (χ3n) is 0.929. The fraction of sp³-hybridized carbons (Fsp3) is 0.857. The van der Waals surface area contributed by atoms with Crippen molar-refractivity contribution in [1.29, 1.82) is 5.26 Å². The van der Waals surface area contributed by atoms with Crippen molar-refractivity contribution in [2.24, 2.45) is 0 Å². The van der Waals surface area contributed by atoms with Crippen molar-refractivity contribution < 1.29 is 0 Å². The van der Waals surface area contributed by atoms with Gasteiger partial charge in [-0.05, 0) is 27.7 Å². The van der Waals surface area contributed by atoms with Crippen molar-refractivity contribution >= 4 is 0 Å². The Balaban J connectivity index is 3.76. The quantitative estimate of drug-likeness (QED) is 0.605. The first-order valence-corrected chi connectivity index (χ1v) is 3.17. The van der Waals surface area contributed by atoms with Gasteiger partial charge in [0, 0.05) is 6.04 Å². The zero-order chi connectivity index (χ0) is 7.49. The Labute approximate surface area is 56.9 Å². The van der Waals surface area contributed by atoms with Crippen molar-refractivity contribution in [3.63, 3.8) is 0 Å². The third kappa shape index (κ3) is 3.99. The van der Waals surface area contributed by atoms with E-state index in [2.05, 4.69) is 11.4 Å². The number of nitriles is 1. The Bertz CT molecular complexity index is 119. The van der Waals surface area contributed by atoms with Gasteiger partial charge in [-0.3, -0.25) is 5.32 Å². The zero-order valence-corrected chi connectivity index (χ0v) is 6.52. The molecule has 2 heteroatoms. The third-order valence-corrected chi connectivity index (χ3v) is 0.929. The first-order valence-electron chi connectivity index (χ1n) is 3.17. The zero-order valence-electron chi connectivity index (χ0n) is 6.52. The molecule has 0 rings (SSSR count). The summed E-state index contributed by atoms with van der Waals surface area (Å²) in [4.78, 5) is 0. The Hall–Kier alpha value is -0.550. The van der Waals surface area contributed by atoms with E-state index in [9.17, 15) is 0 Å². The van der Waals surface area contributed by atoms with Crippen molar-refractivity contribution in [3.05, 3.63) is 0 Å². The van der Waals surface area contributed by atoms with Crippen molar-refractivity contribution in [2.75, 3.05) is 0 Å². The van der Waals surface area contributed by atoms with Crippen LogP contribution in [0.3, 0.4) is 0 Å². The number of nitrogens with zero attached hydrogens (tertiary/aromatic N) is 1. The van der Waals surface area contributed by atoms with Crippen molar-refractivity contribution in [1.82, 2.24) is 5.32 Å². The molecule has 0 heterocycles. The fourth-order valence-electron chi connectivity index (χ4n) is 0.754. The number of nitrogens with one attached hydrogen (secondary N) is 1. The SMILES string of the molecule is CC(C)NC(C)(C)C#N. The average Bonchev–Trinajstić information content (AvgIpc) is 1.63. The minimum absolute atomic E-state index is 0.375. The van der Waals surface area contributed by atoms with E-state index in [-0.39, 0.29) is 5.54 Å². The van der Waals surface area contributed by atoms with Crippen LogP contribution in [0.25, 0.3) is 0 Å². The summed E-state index contributed by atoms with van der Waals surface area (Å²) in [6.07, 6.45) is 0. The van der Waals surface area contributed by atoms with Gasteiger partial charge in [-0.2, -0.15) is 5.26 Å². The molecule has 0 aliphatic rings. The van der Waals surface area contributed by atoms with Crippen LogP contribution in [0.5, 0.6) is 0 Å². The molecular formula is C7H14N2. The maximum absolute atomic E-state index is 8.53. The van der Waals surface area contributed by atoms with Crippen molar-refractivity contribution in [3.8, 4) is 6.07 Å². The fourth-order valence-corrected chi connectivity index (χ4v) is 0.754. The van der Waals surface area contributed by atoms with Crippen molar-refractivity contribution in [2.45, 2.75) is 39.3 Å². The van der Waals surface area contributed by atoms with E-state index in [0.717, 1.165) is 0 Å². The summed E-state index contributed by atoms with van der Waals surface area (Å²) in [5.74, 6) is 0. The Morgan fingerprint density at radius 3 is 2.00 bits per heavy atom. The number of rotatable bonds is 2. The maximum atomic E-state index is 8.53. The van der Waals surface area contributed by atoms with E-state index in [1.165, 1.54) is 0 Å². The molecule has 9 heavy (non-hydrogen) atoms. The standard InChI is InChI=1S/C7H14N2/c1-6(2)9-7(3,4)5-8/h6,9H,1-4H3. The topological polar surface area (TPSA) is 35.8 Å². The van der Waals surface area contributed by atoms with Crippen LogP contribution in [0.4, 0.5) is 0 Å². The smallest absolute Gasteiger partial charge is 0.101 e. The van der Waals surface area contributed by atoms with Gasteiger partial charge in [0.15, 0.2) is 0 Å². The molecule has 0 unspecified atom stereocenters. The second-order valence-electron chi connectivity index (χ2n) is 3.04. The molecule has 0 aliphatic carbocycles. The maximum Gasteiger partial charge on any atom is 0.101 e. The molecule has 0 saturated carbocycles. The van der Waals surface area contributed by atoms with Crippen LogP contribution in [-0.2, 0) is 0 Å². The predicted molar refractivity (Wildman–Crippen MR) is 38.0 cm³/mol. The molecular weight excluding hydrogens is 112 g/mol. The molecule has 0 atom stereocenters. The average molecular weight is 126 g/mol. The first kappa shape index (κ1) is 8.45. The molecule has 0 aliphatic heterocycles. The molecule has 0 fully saturated rings. The summed E-state index contributed by atoms with van der Waals surface area (Å²) in [7, 11) is 0. The summed E-state index contributed by atoms with van der Waals surface area (Å²) in [6.45, 7) is 7.79. The largest absolute Gasteiger partial charge is 0.298 e. The van der Waals surface area contributed by atoms with E-state index in [4.69, 9.17) is 5.26 Å². The van der Waals surface area contributed by atoms with Crippen LogP contribution >= 0.6 is 0 Å². The van der Waals surface area contributed by atoms with Gasteiger partial charge < -0.3 is 0 Å². The molecule has 2 nitrogen and oxygen atoms in total. The molecule has 0 radical (unpaired) electrons. The van der Waals surface area contributed by atoms with Gasteiger partial charge >= 0.3 is 0 Å². The summed E-state index contributed by atoms with van der Waals surface area (Å²) in [5.41, 5.74) is -0.381. The van der Waals surface area contributed by atoms with E-state index in [0.29, 0.717) is 6.04 Å². The summed E-state index contributed by atoms with van der Waals surface area (Å²) >= 11 is 0. The molecule has 52 valence electrons. The molecule has 0 aromatic rings. The monoisotopic (exact) mass is 126 g/mol. The Morgan fingerprint density at radius 2 is 1.89 bits per heavy atom. The van der Waals surface area contributed by atoms with E-state index < -0.39 is 0 Å². The Morgan fingerprint density at radius 1 is 1.44 bits per heavy atom. The van der Waals surface area contributed by atoms with E-state index in [1.54, 1.807) is 0 Å². The molecule has 0 saturated heterocycles. The lowest BCUT2D eigenvalue weighted by Gasteiger charge is -2.20. The van der Waals surface area contributed by atoms with Gasteiger partial charge in [0.25, 0.3) is 0 Å². The van der Waals surface area contributed by atoms with Gasteiger partial charge in [-0.25, -0.2) is 0 Å². The molecule has 0 aromatic carbocycles. The van der Waals surface area contributed by atoms with Gasteiger partial charge in [0.05, 0.1) is 6.07 Å². The van der Waals surface area contributed by atoms with Crippen LogP contribution in [-0.4, -0.2) is 11.6 Å². The van der Waals surface area contributed by atoms with Gasteiger partial charge in [-0.15, -0.1) is 0 Å². The summed E-state index contributed by atoms with van der Waals surface area (Å²) in [6, 6.07) is 2.54. The van der Waals surface area contributed by atoms with Crippen LogP contribution in [0.1, 0.15) is 27.7 Å². The second-order valence-corrected chi connectivity index (χ2v) is 3.04. The lowest BCUT2D eigenvalue weighted by Crippen LogP contribution is -2.42. The molecule has 0 bridgehead atoms. The lowest BCUT2D eigenvalue weighted by atomic mass is 10.1. The highest BCUT2D eigenvalue weighted by Gasteiger charge is 2.15. The minimum atomic E-state index is -0.381. The van der Waals surface area contributed by atoms with Crippen LogP contribution < -0.4 is 5.32 Å². The number of hydrogen-bond acceptors (Lipinski definition) is 2. The highest BCUT2D eigenvalue weighted by molar-refractivity contribution is 5.00. The minimum Gasteiger partial charge on any atom is -0.298 e. The number of hydrogen-bond donors (Lipinski definition) is 1. The van der Waals surface area contributed by atoms with Crippen LogP contribution in [0.2, 0.25) is 0 Å². The van der Waals surface area contributed by atoms with E-state index >= 15 is 0 Å². The van der Waals surface area contributed by atoms with Crippen LogP contribution in [0, 0.1) is 11.3 Å². The van der Waals surface area contributed by atoms with Gasteiger partial charge in [0.1, 0.15) is 5.54 Å². The summed E-state index contributed by atoms with van der Waals surface area (Å²) in [5, 5.41) is 11.6. The predicted octanol–water partition coefficient (Wildman–Crippen LogP) is 1.29. The highest BCUT2D eigenvalue weighted by atomic mass is 15.0. The normalized spacial score (nSPS) is 11.6. The summed E-state index contributed by atoms with van der Waals surface area (Å²) < 4.78 is 0. The highest BCUT2D eigenvalue weighted by Crippen LogP contribution is 1.99. The van der Waals surface area contributed by atoms with Gasteiger partial charge in [0.2, 0.25) is 0 Å². The second kappa shape index (κ2) is 2.84. The molecule has 0 aromatic heterocycles. The molecule has 1 N–H and O–H groups in total.